The van der Waals surface area contributed by atoms with Gasteiger partial charge in [-0.05, 0) is 38.4 Å². The number of benzene rings is 1. The summed E-state index contributed by atoms with van der Waals surface area (Å²) >= 11 is 0. The Bertz CT molecular complexity index is 495. The maximum Gasteiger partial charge on any atom is 0.319 e. The molecule has 0 spiro atoms. The lowest BCUT2D eigenvalue weighted by molar-refractivity contribution is 0.0443. The maximum absolute atomic E-state index is 11.7. The molecule has 1 aromatic carbocycles. The summed E-state index contributed by atoms with van der Waals surface area (Å²) in [4.78, 5) is 13.7. The first kappa shape index (κ1) is 19.0. The molecule has 0 radical (unpaired) electrons. The lowest BCUT2D eigenvalue weighted by atomic mass is 10.2. The largest absolute Gasteiger partial charge is 0.378 e. The van der Waals surface area contributed by atoms with Gasteiger partial charge in [0.15, 0.2) is 0 Å². The zero-order chi connectivity index (χ0) is 16.9. The van der Waals surface area contributed by atoms with E-state index >= 15 is 0 Å². The summed E-state index contributed by atoms with van der Waals surface area (Å²) < 4.78 is 10.8. The van der Waals surface area contributed by atoms with E-state index in [2.05, 4.69) is 21.5 Å². The fourth-order valence-electron chi connectivity index (χ4n) is 1.63. The van der Waals surface area contributed by atoms with Gasteiger partial charge < -0.3 is 25.0 Å². The number of hydrogen-bond donors (Lipinski definition) is 2. The molecule has 6 nitrogen and oxygen atoms in total. The van der Waals surface area contributed by atoms with E-state index in [-0.39, 0.29) is 6.03 Å². The number of urea groups is 1. The van der Waals surface area contributed by atoms with Gasteiger partial charge in [-0.25, -0.2) is 4.79 Å². The highest BCUT2D eigenvalue weighted by atomic mass is 16.5. The van der Waals surface area contributed by atoms with E-state index in [9.17, 15) is 4.79 Å². The van der Waals surface area contributed by atoms with Gasteiger partial charge in [-0.15, -0.1) is 6.42 Å². The van der Waals surface area contributed by atoms with Crippen LogP contribution in [0, 0.1) is 12.3 Å². The highest BCUT2D eigenvalue weighted by Gasteiger charge is 2.00. The van der Waals surface area contributed by atoms with Crippen LogP contribution in [0.25, 0.3) is 0 Å². The van der Waals surface area contributed by atoms with Crippen LogP contribution in [-0.4, -0.2) is 64.5 Å². The molecule has 0 aliphatic carbocycles. The van der Waals surface area contributed by atoms with Gasteiger partial charge in [0, 0.05) is 24.3 Å². The van der Waals surface area contributed by atoms with E-state index < -0.39 is 0 Å². The van der Waals surface area contributed by atoms with Crippen LogP contribution in [0.5, 0.6) is 0 Å². The minimum atomic E-state index is -0.274. The van der Waals surface area contributed by atoms with Crippen LogP contribution in [0.15, 0.2) is 24.3 Å². The first-order chi connectivity index (χ1) is 11.1. The second kappa shape index (κ2) is 11.5. The standard InChI is InChI=1S/C17H25N3O3/c1-4-15-5-7-16(8-6-15)19-17(21)18-9-11-22-13-14-23-12-10-20(2)3/h1,5-8H,9-14H2,2-3H3,(H2,18,19,21). The van der Waals surface area contributed by atoms with Crippen LogP contribution in [0.1, 0.15) is 5.56 Å². The average Bonchev–Trinajstić information content (AvgIpc) is 2.53. The molecule has 23 heavy (non-hydrogen) atoms. The van der Waals surface area contributed by atoms with Crippen molar-refractivity contribution in [3.05, 3.63) is 29.8 Å². The van der Waals surface area contributed by atoms with Crippen molar-refractivity contribution in [3.63, 3.8) is 0 Å². The van der Waals surface area contributed by atoms with Crippen LogP contribution in [0.4, 0.5) is 10.5 Å². The maximum atomic E-state index is 11.7. The van der Waals surface area contributed by atoms with Gasteiger partial charge in [0.05, 0.1) is 26.4 Å². The lowest BCUT2D eigenvalue weighted by Crippen LogP contribution is -2.31. The van der Waals surface area contributed by atoms with E-state index in [1.165, 1.54) is 0 Å². The van der Waals surface area contributed by atoms with Gasteiger partial charge in [0.1, 0.15) is 0 Å². The van der Waals surface area contributed by atoms with Gasteiger partial charge in [0.2, 0.25) is 0 Å². The molecular weight excluding hydrogens is 294 g/mol. The molecule has 2 N–H and O–H groups in total. The third-order valence-corrected chi connectivity index (χ3v) is 2.90. The number of rotatable bonds is 10. The Labute approximate surface area is 138 Å². The third kappa shape index (κ3) is 9.53. The van der Waals surface area contributed by atoms with Gasteiger partial charge >= 0.3 is 6.03 Å². The van der Waals surface area contributed by atoms with E-state index in [0.717, 1.165) is 12.1 Å². The summed E-state index contributed by atoms with van der Waals surface area (Å²) in [7, 11) is 4.00. The Morgan fingerprint density at radius 2 is 1.78 bits per heavy atom. The third-order valence-electron chi connectivity index (χ3n) is 2.90. The Kier molecular flexibility index (Phi) is 9.48. The average molecular weight is 319 g/mol. The number of anilines is 1. The zero-order valence-electron chi connectivity index (χ0n) is 13.8. The monoisotopic (exact) mass is 319 g/mol. The number of hydrogen-bond acceptors (Lipinski definition) is 4. The van der Waals surface area contributed by atoms with E-state index in [0.29, 0.717) is 38.7 Å². The number of carbonyl (C=O) groups excluding carboxylic acids is 1. The van der Waals surface area contributed by atoms with Crippen molar-refractivity contribution >= 4 is 11.7 Å². The summed E-state index contributed by atoms with van der Waals surface area (Å²) in [6, 6.07) is 6.79. The molecule has 0 saturated carbocycles. The molecule has 0 fully saturated rings. The number of amides is 2. The smallest absolute Gasteiger partial charge is 0.319 e. The van der Waals surface area contributed by atoms with Gasteiger partial charge in [0.25, 0.3) is 0 Å². The quantitative estimate of drug-likeness (QED) is 0.505. The SMILES string of the molecule is C#Cc1ccc(NC(=O)NCCOCCOCCN(C)C)cc1. The number of carbonyl (C=O) groups is 1. The summed E-state index contributed by atoms with van der Waals surface area (Å²) in [5, 5.41) is 5.43. The van der Waals surface area contributed by atoms with Crippen molar-refractivity contribution in [2.24, 2.45) is 0 Å². The highest BCUT2D eigenvalue weighted by molar-refractivity contribution is 5.89. The zero-order valence-corrected chi connectivity index (χ0v) is 13.8. The molecule has 0 aromatic heterocycles. The number of likely N-dealkylation sites (N-methyl/N-ethyl adjacent to an activating group) is 1. The lowest BCUT2D eigenvalue weighted by Gasteiger charge is -2.10. The normalized spacial score (nSPS) is 10.3. The molecule has 0 unspecified atom stereocenters. The van der Waals surface area contributed by atoms with Crippen LogP contribution in [0.2, 0.25) is 0 Å². The van der Waals surface area contributed by atoms with Crippen molar-refractivity contribution < 1.29 is 14.3 Å². The molecule has 1 aromatic rings. The fourth-order valence-corrected chi connectivity index (χ4v) is 1.63. The van der Waals surface area contributed by atoms with Crippen LogP contribution >= 0.6 is 0 Å². The van der Waals surface area contributed by atoms with Crippen molar-refractivity contribution in [1.29, 1.82) is 0 Å². The highest BCUT2D eigenvalue weighted by Crippen LogP contribution is 2.08. The summed E-state index contributed by atoms with van der Waals surface area (Å²) in [6.07, 6.45) is 5.27. The predicted molar refractivity (Wildman–Crippen MR) is 91.6 cm³/mol. The Balaban J connectivity index is 2.00. The van der Waals surface area contributed by atoms with E-state index in [1.54, 1.807) is 24.3 Å². The number of nitrogens with zero attached hydrogens (tertiary/aromatic N) is 1. The van der Waals surface area contributed by atoms with Crippen LogP contribution < -0.4 is 10.6 Å². The molecule has 0 bridgehead atoms. The first-order valence-electron chi connectivity index (χ1n) is 7.53. The molecule has 0 heterocycles. The Hall–Kier alpha value is -2.07. The number of terminal acetylenes is 1. The molecule has 0 aliphatic heterocycles. The van der Waals surface area contributed by atoms with Crippen molar-refractivity contribution in [1.82, 2.24) is 10.2 Å². The second-order valence-electron chi connectivity index (χ2n) is 5.13. The van der Waals surface area contributed by atoms with Crippen LogP contribution in [-0.2, 0) is 9.47 Å². The predicted octanol–water partition coefficient (Wildman–Crippen LogP) is 1.38. The minimum Gasteiger partial charge on any atom is -0.378 e. The van der Waals surface area contributed by atoms with E-state index in [4.69, 9.17) is 15.9 Å². The first-order valence-corrected chi connectivity index (χ1v) is 7.53. The molecule has 0 atom stereocenters. The molecular formula is C17H25N3O3. The Morgan fingerprint density at radius 1 is 1.13 bits per heavy atom. The number of nitrogens with one attached hydrogen (secondary N) is 2. The fraction of sp³-hybridized carbons (Fsp3) is 0.471. The van der Waals surface area contributed by atoms with Crippen LogP contribution in [0.3, 0.4) is 0 Å². The van der Waals surface area contributed by atoms with Gasteiger partial charge in [-0.1, -0.05) is 5.92 Å². The van der Waals surface area contributed by atoms with E-state index in [1.807, 2.05) is 14.1 Å². The molecule has 6 heteroatoms. The number of ether oxygens (including phenoxy) is 2. The summed E-state index contributed by atoms with van der Waals surface area (Å²) in [5.74, 6) is 2.52. The Morgan fingerprint density at radius 3 is 2.39 bits per heavy atom. The van der Waals surface area contributed by atoms with Gasteiger partial charge in [-0.2, -0.15) is 0 Å². The van der Waals surface area contributed by atoms with Crippen molar-refractivity contribution in [3.8, 4) is 12.3 Å². The molecule has 0 saturated heterocycles. The second-order valence-corrected chi connectivity index (χ2v) is 5.13. The molecule has 0 aliphatic rings. The van der Waals surface area contributed by atoms with Crippen molar-refractivity contribution in [2.75, 3.05) is 58.9 Å². The molecule has 2 amide bonds. The topological polar surface area (TPSA) is 62.8 Å². The van der Waals surface area contributed by atoms with Gasteiger partial charge in [-0.3, -0.25) is 0 Å². The van der Waals surface area contributed by atoms with Crippen molar-refractivity contribution in [2.45, 2.75) is 0 Å². The summed E-state index contributed by atoms with van der Waals surface area (Å²) in [6.45, 7) is 3.54. The summed E-state index contributed by atoms with van der Waals surface area (Å²) in [5.41, 5.74) is 1.47. The molecule has 1 rings (SSSR count). The molecule has 126 valence electrons. The minimum absolute atomic E-state index is 0.274.